The van der Waals surface area contributed by atoms with E-state index in [1.165, 1.54) is 16.8 Å². The highest BCUT2D eigenvalue weighted by Crippen LogP contribution is 2.68. The standard InChI is InChI=1S/C44H32NOP/c46-47(36-22-14-20-34(30-36)32-17-5-2-6-18-32)42-28-12-9-25-39(42)43-37-23-7-10-26-40(37)45(41-27-11-8-24-38(41)44(43)47)35-21-13-19-33(29-35)31-15-3-1-4-16-31/h1-12,14-20,22-30H,13,21H2. The SMILES string of the molecule is O=P1(c2cccc(-c3ccccc3)c2)C2=C(c3ccccc3N(C3=CC(c4ccccc4)=CCC3)c3ccccc32)c2ccccc21. The van der Waals surface area contributed by atoms with Crippen molar-refractivity contribution in [2.24, 2.45) is 0 Å². The van der Waals surface area contributed by atoms with Gasteiger partial charge >= 0.3 is 0 Å². The topological polar surface area (TPSA) is 20.3 Å². The monoisotopic (exact) mass is 621 g/mol. The second-order valence-electron chi connectivity index (χ2n) is 12.3. The number of hydrogen-bond donors (Lipinski definition) is 0. The normalized spacial score (nSPS) is 17.9. The van der Waals surface area contributed by atoms with Crippen molar-refractivity contribution >= 4 is 45.6 Å². The summed E-state index contributed by atoms with van der Waals surface area (Å²) in [7, 11) is -3.31. The highest BCUT2D eigenvalue weighted by atomic mass is 31.2. The zero-order valence-electron chi connectivity index (χ0n) is 25.9. The number of fused-ring (bicyclic) bond motifs is 6. The van der Waals surface area contributed by atoms with Gasteiger partial charge in [0.25, 0.3) is 0 Å². The van der Waals surface area contributed by atoms with Gasteiger partial charge in [-0.15, -0.1) is 0 Å². The Labute approximate surface area is 276 Å². The van der Waals surface area contributed by atoms with Gasteiger partial charge in [-0.25, -0.2) is 0 Å². The number of rotatable bonds is 4. The van der Waals surface area contributed by atoms with Gasteiger partial charge in [-0.2, -0.15) is 0 Å². The Kier molecular flexibility index (Phi) is 6.59. The van der Waals surface area contributed by atoms with Crippen molar-refractivity contribution in [3.63, 3.8) is 0 Å². The van der Waals surface area contributed by atoms with Crippen LogP contribution in [-0.4, -0.2) is 0 Å². The third-order valence-corrected chi connectivity index (χ3v) is 12.8. The summed E-state index contributed by atoms with van der Waals surface area (Å²) in [6, 6.07) is 55.1. The Morgan fingerprint density at radius 1 is 0.532 bits per heavy atom. The lowest BCUT2D eigenvalue weighted by Crippen LogP contribution is -2.21. The van der Waals surface area contributed by atoms with Crippen LogP contribution in [0.2, 0.25) is 0 Å². The van der Waals surface area contributed by atoms with E-state index in [2.05, 4.69) is 163 Å². The molecule has 0 amide bonds. The van der Waals surface area contributed by atoms with E-state index in [-0.39, 0.29) is 0 Å². The van der Waals surface area contributed by atoms with Gasteiger partial charge in [-0.05, 0) is 64.9 Å². The molecule has 0 N–H and O–H groups in total. The molecule has 2 heterocycles. The molecule has 0 aromatic heterocycles. The maximum atomic E-state index is 16.3. The fraction of sp³-hybridized carbons (Fsp3) is 0.0455. The van der Waals surface area contributed by atoms with E-state index in [9.17, 15) is 0 Å². The summed E-state index contributed by atoms with van der Waals surface area (Å²) in [5, 5.41) is 2.72. The van der Waals surface area contributed by atoms with E-state index < -0.39 is 7.14 Å². The maximum absolute atomic E-state index is 16.3. The van der Waals surface area contributed by atoms with Crippen LogP contribution in [-0.2, 0) is 4.57 Å². The minimum atomic E-state index is -3.31. The predicted molar refractivity (Wildman–Crippen MR) is 198 cm³/mol. The quantitative estimate of drug-likeness (QED) is 0.183. The van der Waals surface area contributed by atoms with Crippen LogP contribution in [0.1, 0.15) is 35.1 Å². The van der Waals surface area contributed by atoms with E-state index in [0.29, 0.717) is 0 Å². The molecule has 1 atom stereocenters. The van der Waals surface area contributed by atoms with Crippen molar-refractivity contribution in [3.05, 3.63) is 198 Å². The number of para-hydroxylation sites is 2. The number of hydrogen-bond acceptors (Lipinski definition) is 2. The molecule has 0 saturated carbocycles. The van der Waals surface area contributed by atoms with Crippen molar-refractivity contribution in [1.29, 1.82) is 0 Å². The van der Waals surface area contributed by atoms with Crippen molar-refractivity contribution in [1.82, 2.24) is 0 Å². The average molecular weight is 622 g/mol. The molecule has 3 heteroatoms. The first-order valence-electron chi connectivity index (χ1n) is 16.3. The molecule has 0 saturated heterocycles. The molecular weight excluding hydrogens is 589 g/mol. The fourth-order valence-corrected chi connectivity index (χ4v) is 10.9. The lowest BCUT2D eigenvalue weighted by atomic mass is 9.94. The molecular formula is C44H32NOP. The van der Waals surface area contributed by atoms with E-state index in [0.717, 1.165) is 73.5 Å². The lowest BCUT2D eigenvalue weighted by Gasteiger charge is -2.32. The summed E-state index contributed by atoms with van der Waals surface area (Å²) >= 11 is 0. The summed E-state index contributed by atoms with van der Waals surface area (Å²) in [5.74, 6) is 0. The van der Waals surface area contributed by atoms with Crippen LogP contribution >= 0.6 is 7.14 Å². The number of anilines is 2. The zero-order valence-corrected chi connectivity index (χ0v) is 26.8. The van der Waals surface area contributed by atoms with Crippen LogP contribution in [0, 0.1) is 0 Å². The van der Waals surface area contributed by atoms with Gasteiger partial charge in [0.15, 0.2) is 7.14 Å². The third kappa shape index (κ3) is 4.37. The summed E-state index contributed by atoms with van der Waals surface area (Å²) in [6.07, 6.45) is 6.56. The van der Waals surface area contributed by atoms with E-state index in [1.54, 1.807) is 0 Å². The smallest absolute Gasteiger partial charge is 0.172 e. The summed E-state index contributed by atoms with van der Waals surface area (Å²) < 4.78 is 16.3. The maximum Gasteiger partial charge on any atom is 0.172 e. The van der Waals surface area contributed by atoms with Crippen molar-refractivity contribution in [2.45, 2.75) is 12.8 Å². The number of benzene rings is 6. The number of allylic oxidation sites excluding steroid dienone is 4. The van der Waals surface area contributed by atoms with Gasteiger partial charge in [0, 0.05) is 38.3 Å². The minimum absolute atomic E-state index is 0.864. The highest BCUT2D eigenvalue weighted by molar-refractivity contribution is 7.88. The zero-order chi connectivity index (χ0) is 31.4. The molecule has 0 fully saturated rings. The Balaban J connectivity index is 1.32. The van der Waals surface area contributed by atoms with Gasteiger partial charge in [-0.1, -0.05) is 146 Å². The summed E-state index contributed by atoms with van der Waals surface area (Å²) in [6.45, 7) is 0. The van der Waals surface area contributed by atoms with Gasteiger partial charge < -0.3 is 9.46 Å². The molecule has 1 aliphatic carbocycles. The van der Waals surface area contributed by atoms with Crippen LogP contribution < -0.4 is 15.5 Å². The molecule has 47 heavy (non-hydrogen) atoms. The summed E-state index contributed by atoms with van der Waals surface area (Å²) in [5.41, 5.74) is 12.3. The van der Waals surface area contributed by atoms with Crippen molar-refractivity contribution in [2.75, 3.05) is 4.90 Å². The van der Waals surface area contributed by atoms with Gasteiger partial charge in [0.1, 0.15) is 0 Å². The molecule has 0 spiro atoms. The molecule has 0 radical (unpaired) electrons. The molecule has 1 unspecified atom stereocenters. The fourth-order valence-electron chi connectivity index (χ4n) is 7.60. The first kappa shape index (κ1) is 27.8. The molecule has 6 aromatic carbocycles. The highest BCUT2D eigenvalue weighted by Gasteiger charge is 2.46. The van der Waals surface area contributed by atoms with E-state index >= 15 is 4.57 Å². The van der Waals surface area contributed by atoms with E-state index in [4.69, 9.17) is 0 Å². The third-order valence-electron chi connectivity index (χ3n) is 9.68. The molecule has 6 aromatic rings. The van der Waals surface area contributed by atoms with Crippen LogP contribution in [0.4, 0.5) is 11.4 Å². The second kappa shape index (κ2) is 11.1. The minimum Gasteiger partial charge on any atom is -0.313 e. The van der Waals surface area contributed by atoms with E-state index in [1.807, 2.05) is 12.1 Å². The molecule has 2 aliphatic heterocycles. The second-order valence-corrected chi connectivity index (χ2v) is 15.0. The predicted octanol–water partition coefficient (Wildman–Crippen LogP) is 10.8. The van der Waals surface area contributed by atoms with Crippen LogP contribution in [0.25, 0.3) is 27.6 Å². The van der Waals surface area contributed by atoms with Gasteiger partial charge in [0.05, 0.1) is 11.4 Å². The lowest BCUT2D eigenvalue weighted by molar-refractivity contribution is 0.593. The summed E-state index contributed by atoms with van der Waals surface area (Å²) in [4.78, 5) is 2.44. The van der Waals surface area contributed by atoms with Gasteiger partial charge in [-0.3, -0.25) is 0 Å². The molecule has 3 aliphatic rings. The van der Waals surface area contributed by atoms with Crippen LogP contribution in [0.3, 0.4) is 0 Å². The largest absolute Gasteiger partial charge is 0.313 e. The molecule has 2 nitrogen and oxygen atoms in total. The van der Waals surface area contributed by atoms with Gasteiger partial charge in [0.2, 0.25) is 0 Å². The first-order valence-corrected chi connectivity index (χ1v) is 18.0. The molecule has 224 valence electrons. The first-order chi connectivity index (χ1) is 23.2. The molecule has 9 rings (SSSR count). The van der Waals surface area contributed by atoms with Crippen LogP contribution in [0.15, 0.2) is 176 Å². The number of nitrogens with zero attached hydrogens (tertiary/aromatic N) is 1. The van der Waals surface area contributed by atoms with Crippen molar-refractivity contribution in [3.8, 4) is 11.1 Å². The van der Waals surface area contributed by atoms with Crippen LogP contribution in [0.5, 0.6) is 0 Å². The Bertz CT molecular complexity index is 2330. The Morgan fingerprint density at radius 3 is 1.89 bits per heavy atom. The average Bonchev–Trinajstić information content (AvgIpc) is 3.34. The Morgan fingerprint density at radius 2 is 1.13 bits per heavy atom. The van der Waals surface area contributed by atoms with Crippen molar-refractivity contribution < 1.29 is 4.57 Å². The Hall–Kier alpha value is -5.43. The molecule has 0 bridgehead atoms.